The lowest BCUT2D eigenvalue weighted by molar-refractivity contribution is 0.0691. The average molecular weight is 345 g/mol. The molecule has 3 rings (SSSR count). The van der Waals surface area contributed by atoms with Gasteiger partial charge in [0.25, 0.3) is 5.91 Å². The minimum Gasteiger partial charge on any atom is -0.339 e. The Morgan fingerprint density at radius 3 is 2.67 bits per heavy atom. The predicted molar refractivity (Wildman–Crippen MR) is 95.8 cm³/mol. The zero-order chi connectivity index (χ0) is 17.1. The van der Waals surface area contributed by atoms with E-state index in [2.05, 4.69) is 22.2 Å². The van der Waals surface area contributed by atoms with Crippen LogP contribution in [0.1, 0.15) is 36.1 Å². The second-order valence-electron chi connectivity index (χ2n) is 6.27. The summed E-state index contributed by atoms with van der Waals surface area (Å²) in [5.41, 5.74) is 1.18. The number of carbonyl (C=O) groups is 1. The first-order valence-corrected chi connectivity index (χ1v) is 8.57. The van der Waals surface area contributed by atoms with E-state index in [4.69, 9.17) is 11.6 Å². The Morgan fingerprint density at radius 1 is 1.25 bits per heavy atom. The van der Waals surface area contributed by atoms with E-state index >= 15 is 0 Å². The minimum absolute atomic E-state index is 0.0328. The molecule has 1 saturated heterocycles. The standard InChI is InChI=1S/C18H21ClN4O/c1-12-7-9-23(10-8-12)18(24)16-11-17(21-13(2)20-16)22-15-6-4-3-5-14(15)19/h3-6,11-12H,7-10H2,1-2H3,(H,20,21,22). The molecule has 24 heavy (non-hydrogen) atoms. The molecule has 0 radical (unpaired) electrons. The molecule has 1 aliphatic rings. The Bertz CT molecular complexity index is 742. The molecule has 2 aromatic rings. The van der Waals surface area contributed by atoms with Crippen molar-refractivity contribution in [2.45, 2.75) is 26.7 Å². The lowest BCUT2D eigenvalue weighted by atomic mass is 9.99. The van der Waals surface area contributed by atoms with Crippen molar-refractivity contribution < 1.29 is 4.79 Å². The highest BCUT2D eigenvalue weighted by molar-refractivity contribution is 6.33. The number of carbonyl (C=O) groups excluding carboxylic acids is 1. The maximum absolute atomic E-state index is 12.7. The molecule has 2 heterocycles. The Kier molecular flexibility index (Phi) is 5.00. The van der Waals surface area contributed by atoms with Gasteiger partial charge in [0, 0.05) is 19.2 Å². The van der Waals surface area contributed by atoms with E-state index in [9.17, 15) is 4.79 Å². The lowest BCUT2D eigenvalue weighted by Crippen LogP contribution is -2.38. The number of likely N-dealkylation sites (tertiary alicyclic amines) is 1. The quantitative estimate of drug-likeness (QED) is 0.912. The maximum atomic E-state index is 12.7. The van der Waals surface area contributed by atoms with Gasteiger partial charge in [0.1, 0.15) is 17.3 Å². The highest BCUT2D eigenvalue weighted by Gasteiger charge is 2.23. The van der Waals surface area contributed by atoms with Gasteiger partial charge >= 0.3 is 0 Å². The van der Waals surface area contributed by atoms with Crippen LogP contribution in [-0.4, -0.2) is 33.9 Å². The normalized spacial score (nSPS) is 15.4. The fraction of sp³-hybridized carbons (Fsp3) is 0.389. The van der Waals surface area contributed by atoms with Crippen molar-refractivity contribution in [3.8, 4) is 0 Å². The summed E-state index contributed by atoms with van der Waals surface area (Å²) < 4.78 is 0. The van der Waals surface area contributed by atoms with E-state index in [0.29, 0.717) is 28.3 Å². The molecule has 0 spiro atoms. The third-order valence-corrected chi connectivity index (χ3v) is 4.59. The minimum atomic E-state index is -0.0328. The summed E-state index contributed by atoms with van der Waals surface area (Å²) >= 11 is 6.17. The third kappa shape index (κ3) is 3.85. The molecule has 0 atom stereocenters. The van der Waals surface area contributed by atoms with Gasteiger partial charge in [-0.05, 0) is 37.8 Å². The van der Waals surface area contributed by atoms with Crippen molar-refractivity contribution in [3.63, 3.8) is 0 Å². The van der Waals surface area contributed by atoms with Crippen LogP contribution in [0.2, 0.25) is 5.02 Å². The van der Waals surface area contributed by atoms with Crippen molar-refractivity contribution in [1.29, 1.82) is 0 Å². The van der Waals surface area contributed by atoms with Gasteiger partial charge < -0.3 is 10.2 Å². The molecular formula is C18H21ClN4O. The SMILES string of the molecule is Cc1nc(Nc2ccccc2Cl)cc(C(=O)N2CCC(C)CC2)n1. The first kappa shape index (κ1) is 16.7. The van der Waals surface area contributed by atoms with Crippen molar-refractivity contribution >= 4 is 29.0 Å². The number of halogens is 1. The summed E-state index contributed by atoms with van der Waals surface area (Å²) in [5.74, 6) is 1.78. The van der Waals surface area contributed by atoms with Crippen molar-refractivity contribution in [1.82, 2.24) is 14.9 Å². The molecule has 6 heteroatoms. The summed E-state index contributed by atoms with van der Waals surface area (Å²) in [6, 6.07) is 9.12. The van der Waals surface area contributed by atoms with Gasteiger partial charge in [0.05, 0.1) is 10.7 Å². The van der Waals surface area contributed by atoms with Gasteiger partial charge in [-0.25, -0.2) is 9.97 Å². The van der Waals surface area contributed by atoms with Gasteiger partial charge in [-0.15, -0.1) is 0 Å². The summed E-state index contributed by atoms with van der Waals surface area (Å²) in [7, 11) is 0. The number of rotatable bonds is 3. The smallest absolute Gasteiger partial charge is 0.272 e. The molecule has 0 aliphatic carbocycles. The molecule has 1 aromatic heterocycles. The zero-order valence-corrected chi connectivity index (χ0v) is 14.7. The summed E-state index contributed by atoms with van der Waals surface area (Å²) in [5, 5.41) is 3.77. The van der Waals surface area contributed by atoms with Crippen LogP contribution in [0.25, 0.3) is 0 Å². The molecule has 1 fully saturated rings. The number of amides is 1. The number of aromatic nitrogens is 2. The fourth-order valence-corrected chi connectivity index (χ4v) is 3.00. The zero-order valence-electron chi connectivity index (χ0n) is 13.9. The predicted octanol–water partition coefficient (Wildman–Crippen LogP) is 4.05. The number of para-hydroxylation sites is 1. The van der Waals surface area contributed by atoms with E-state index in [0.717, 1.165) is 31.6 Å². The number of benzene rings is 1. The third-order valence-electron chi connectivity index (χ3n) is 4.26. The number of hydrogen-bond acceptors (Lipinski definition) is 4. The van der Waals surface area contributed by atoms with Gasteiger partial charge in [-0.3, -0.25) is 4.79 Å². The molecule has 1 amide bonds. The number of anilines is 2. The van der Waals surface area contributed by atoms with E-state index < -0.39 is 0 Å². The van der Waals surface area contributed by atoms with Crippen LogP contribution >= 0.6 is 11.6 Å². The van der Waals surface area contributed by atoms with Crippen LogP contribution in [-0.2, 0) is 0 Å². The van der Waals surface area contributed by atoms with Gasteiger partial charge in [0.15, 0.2) is 0 Å². The highest BCUT2D eigenvalue weighted by atomic mass is 35.5. The largest absolute Gasteiger partial charge is 0.339 e. The van der Waals surface area contributed by atoms with Crippen LogP contribution < -0.4 is 5.32 Å². The first-order valence-electron chi connectivity index (χ1n) is 8.19. The second kappa shape index (κ2) is 7.18. The Hall–Kier alpha value is -2.14. The summed E-state index contributed by atoms with van der Waals surface area (Å²) in [6.07, 6.45) is 2.08. The topological polar surface area (TPSA) is 58.1 Å². The molecule has 126 valence electrons. The van der Waals surface area contributed by atoms with Gasteiger partial charge in [-0.2, -0.15) is 0 Å². The van der Waals surface area contributed by atoms with Crippen molar-refractivity contribution in [2.24, 2.45) is 5.92 Å². The fourth-order valence-electron chi connectivity index (χ4n) is 2.82. The van der Waals surface area contributed by atoms with Crippen molar-refractivity contribution in [2.75, 3.05) is 18.4 Å². The monoisotopic (exact) mass is 344 g/mol. The first-order chi connectivity index (χ1) is 11.5. The molecule has 0 unspecified atom stereocenters. The molecule has 1 aliphatic heterocycles. The number of nitrogens with zero attached hydrogens (tertiary/aromatic N) is 3. The van der Waals surface area contributed by atoms with E-state index in [1.54, 1.807) is 19.1 Å². The van der Waals surface area contributed by atoms with E-state index in [-0.39, 0.29) is 5.91 Å². The van der Waals surface area contributed by atoms with Gasteiger partial charge in [-0.1, -0.05) is 30.7 Å². The Balaban J connectivity index is 1.81. The van der Waals surface area contributed by atoms with Gasteiger partial charge in [0.2, 0.25) is 0 Å². The van der Waals surface area contributed by atoms with E-state index in [1.807, 2.05) is 23.1 Å². The number of hydrogen-bond donors (Lipinski definition) is 1. The van der Waals surface area contributed by atoms with Crippen LogP contribution in [0.3, 0.4) is 0 Å². The molecule has 1 N–H and O–H groups in total. The highest BCUT2D eigenvalue weighted by Crippen LogP contribution is 2.25. The number of piperidine rings is 1. The molecule has 0 bridgehead atoms. The Labute approximate surface area is 147 Å². The van der Waals surface area contributed by atoms with Crippen LogP contribution in [0.5, 0.6) is 0 Å². The maximum Gasteiger partial charge on any atom is 0.272 e. The Morgan fingerprint density at radius 2 is 1.96 bits per heavy atom. The molecule has 5 nitrogen and oxygen atoms in total. The van der Waals surface area contributed by atoms with Crippen LogP contribution in [0, 0.1) is 12.8 Å². The summed E-state index contributed by atoms with van der Waals surface area (Å²) in [4.78, 5) is 23.3. The van der Waals surface area contributed by atoms with Crippen LogP contribution in [0.4, 0.5) is 11.5 Å². The number of aryl methyl sites for hydroxylation is 1. The molecule has 1 aromatic carbocycles. The average Bonchev–Trinajstić information content (AvgIpc) is 2.56. The number of nitrogens with one attached hydrogen (secondary N) is 1. The lowest BCUT2D eigenvalue weighted by Gasteiger charge is -2.30. The van der Waals surface area contributed by atoms with Crippen LogP contribution in [0.15, 0.2) is 30.3 Å². The van der Waals surface area contributed by atoms with Crippen molar-refractivity contribution in [3.05, 3.63) is 46.9 Å². The second-order valence-corrected chi connectivity index (χ2v) is 6.67. The molecule has 0 saturated carbocycles. The summed E-state index contributed by atoms with van der Waals surface area (Å²) in [6.45, 7) is 5.59. The van der Waals surface area contributed by atoms with E-state index in [1.165, 1.54) is 0 Å². The molecular weight excluding hydrogens is 324 g/mol.